The molecule has 0 spiro atoms. The number of hydrogen-bond donors (Lipinski definition) is 0. The van der Waals surface area contributed by atoms with E-state index in [9.17, 15) is 0 Å². The average molecular weight is 369 g/mol. The van der Waals surface area contributed by atoms with Crippen LogP contribution in [0.5, 0.6) is 0 Å². The van der Waals surface area contributed by atoms with Crippen molar-refractivity contribution in [3.8, 4) is 0 Å². The lowest BCUT2D eigenvalue weighted by Crippen LogP contribution is -2.36. The van der Waals surface area contributed by atoms with Crippen molar-refractivity contribution < 1.29 is 0 Å². The lowest BCUT2D eigenvalue weighted by molar-refractivity contribution is 0.499. The van der Waals surface area contributed by atoms with Crippen molar-refractivity contribution in [2.45, 2.75) is 12.8 Å². The van der Waals surface area contributed by atoms with E-state index in [-0.39, 0.29) is 0 Å². The molecule has 2 bridgehead atoms. The fourth-order valence-electron chi connectivity index (χ4n) is 5.27. The normalized spacial score (nSPS) is 23.6. The summed E-state index contributed by atoms with van der Waals surface area (Å²) in [7, 11) is -1.67. The number of hydrogen-bond acceptors (Lipinski definition) is 0. The first-order valence-electron chi connectivity index (χ1n) is 10.1. The predicted molar refractivity (Wildman–Crippen MR) is 119 cm³/mol. The first-order chi connectivity index (χ1) is 13.4. The third kappa shape index (κ3) is 2.97. The van der Waals surface area contributed by atoms with E-state index in [1.54, 1.807) is 0 Å². The molecule has 0 aromatic heterocycles. The lowest BCUT2D eigenvalue weighted by atomic mass is 9.96. The molecule has 134 valence electrons. The maximum atomic E-state index is 2.51. The molecule has 3 aromatic carbocycles. The Labute approximate surface area is 163 Å². The zero-order chi connectivity index (χ0) is 18.1. The van der Waals surface area contributed by atoms with Gasteiger partial charge in [0.05, 0.1) is 6.16 Å². The fourth-order valence-corrected chi connectivity index (χ4v) is 9.96. The molecule has 0 heterocycles. The summed E-state index contributed by atoms with van der Waals surface area (Å²) >= 11 is 0. The quantitative estimate of drug-likeness (QED) is 0.429. The Morgan fingerprint density at radius 3 is 1.44 bits per heavy atom. The Balaban J connectivity index is 1.71. The monoisotopic (exact) mass is 369 g/mol. The topological polar surface area (TPSA) is 0 Å². The van der Waals surface area contributed by atoms with Crippen LogP contribution >= 0.6 is 7.26 Å². The molecule has 0 N–H and O–H groups in total. The molecule has 3 unspecified atom stereocenters. The summed E-state index contributed by atoms with van der Waals surface area (Å²) in [6, 6.07) is 34.0. The molecule has 3 atom stereocenters. The summed E-state index contributed by atoms with van der Waals surface area (Å²) in [4.78, 5) is 0. The van der Waals surface area contributed by atoms with E-state index < -0.39 is 7.26 Å². The Kier molecular flexibility index (Phi) is 4.46. The molecule has 1 fully saturated rings. The molecule has 0 aliphatic heterocycles. The SMILES string of the molecule is C1=CC2CC1CC2C[P+](c1ccccc1)(c1ccccc1)c1ccccc1. The van der Waals surface area contributed by atoms with Gasteiger partial charge in [-0.25, -0.2) is 0 Å². The minimum Gasteiger partial charge on any atom is -0.0851 e. The minimum absolute atomic E-state index is 0.783. The molecule has 0 amide bonds. The van der Waals surface area contributed by atoms with Gasteiger partial charge in [-0.15, -0.1) is 0 Å². The van der Waals surface area contributed by atoms with Crippen LogP contribution in [0.25, 0.3) is 0 Å². The van der Waals surface area contributed by atoms with Crippen molar-refractivity contribution in [1.29, 1.82) is 0 Å². The zero-order valence-corrected chi connectivity index (χ0v) is 16.5. The van der Waals surface area contributed by atoms with E-state index in [1.165, 1.54) is 34.9 Å². The standard InChI is InChI=1S/C26H26P/c1-4-10-24(11-5-1)27(25-12-6-2-7-13-25,26-14-8-3-9-15-26)20-23-19-21-16-17-22(23)18-21/h1-17,21-23H,18-20H2/q+1. The maximum Gasteiger partial charge on any atom is 0.112 e. The number of allylic oxidation sites excluding steroid dienone is 2. The highest BCUT2D eigenvalue weighted by Crippen LogP contribution is 2.60. The molecule has 1 heteroatoms. The predicted octanol–water partition coefficient (Wildman–Crippen LogP) is 5.19. The van der Waals surface area contributed by atoms with Crippen LogP contribution in [0.4, 0.5) is 0 Å². The molecular formula is C26H26P+. The minimum atomic E-state index is -1.67. The molecule has 0 nitrogen and oxygen atoms in total. The molecule has 5 rings (SSSR count). The summed E-state index contributed by atoms with van der Waals surface area (Å²) in [5, 5.41) is 4.57. The highest BCUT2D eigenvalue weighted by atomic mass is 31.2. The van der Waals surface area contributed by atoms with Gasteiger partial charge in [0.1, 0.15) is 23.2 Å². The van der Waals surface area contributed by atoms with Gasteiger partial charge in [-0.05, 0) is 61.1 Å². The van der Waals surface area contributed by atoms with Crippen LogP contribution in [-0.4, -0.2) is 6.16 Å². The second kappa shape index (κ2) is 7.10. The number of fused-ring (bicyclic) bond motifs is 2. The zero-order valence-electron chi connectivity index (χ0n) is 15.6. The lowest BCUT2D eigenvalue weighted by Gasteiger charge is -2.31. The van der Waals surface area contributed by atoms with E-state index in [0.717, 1.165) is 17.8 Å². The number of benzene rings is 3. The van der Waals surface area contributed by atoms with Crippen molar-refractivity contribution in [3.05, 3.63) is 103 Å². The smallest absolute Gasteiger partial charge is 0.0851 e. The Bertz CT molecular complexity index is 818. The molecule has 3 aromatic rings. The third-order valence-corrected chi connectivity index (χ3v) is 11.1. The summed E-state index contributed by atoms with van der Waals surface area (Å²) in [5.41, 5.74) is 0. The van der Waals surface area contributed by atoms with Crippen molar-refractivity contribution in [2.24, 2.45) is 17.8 Å². The van der Waals surface area contributed by atoms with Gasteiger partial charge in [-0.1, -0.05) is 66.7 Å². The van der Waals surface area contributed by atoms with Gasteiger partial charge in [0.15, 0.2) is 0 Å². The number of rotatable bonds is 5. The first kappa shape index (κ1) is 17.0. The average Bonchev–Trinajstić information content (AvgIpc) is 3.37. The van der Waals surface area contributed by atoms with Gasteiger partial charge in [0.25, 0.3) is 0 Å². The van der Waals surface area contributed by atoms with E-state index in [1.807, 2.05) is 0 Å². The highest BCUT2D eigenvalue weighted by molar-refractivity contribution is 7.95. The van der Waals surface area contributed by atoms with Crippen LogP contribution in [0.3, 0.4) is 0 Å². The van der Waals surface area contributed by atoms with Crippen molar-refractivity contribution in [1.82, 2.24) is 0 Å². The molecule has 27 heavy (non-hydrogen) atoms. The van der Waals surface area contributed by atoms with Crippen LogP contribution in [-0.2, 0) is 0 Å². The van der Waals surface area contributed by atoms with E-state index in [2.05, 4.69) is 103 Å². The van der Waals surface area contributed by atoms with Gasteiger partial charge >= 0.3 is 0 Å². The van der Waals surface area contributed by atoms with Gasteiger partial charge < -0.3 is 0 Å². The van der Waals surface area contributed by atoms with E-state index in [0.29, 0.717) is 0 Å². The molecule has 2 aliphatic rings. The second-order valence-corrected chi connectivity index (χ2v) is 11.6. The fraction of sp³-hybridized carbons (Fsp3) is 0.231. The molecule has 2 aliphatic carbocycles. The largest absolute Gasteiger partial charge is 0.112 e. The third-order valence-electron chi connectivity index (χ3n) is 6.52. The van der Waals surface area contributed by atoms with Crippen molar-refractivity contribution in [2.75, 3.05) is 6.16 Å². The molecular weight excluding hydrogens is 343 g/mol. The van der Waals surface area contributed by atoms with Crippen LogP contribution in [0.15, 0.2) is 103 Å². The van der Waals surface area contributed by atoms with Gasteiger partial charge in [-0.2, -0.15) is 0 Å². The van der Waals surface area contributed by atoms with Crippen LogP contribution in [0.2, 0.25) is 0 Å². The Morgan fingerprint density at radius 1 is 0.593 bits per heavy atom. The summed E-state index contributed by atoms with van der Waals surface area (Å²) in [6.45, 7) is 0. The van der Waals surface area contributed by atoms with E-state index in [4.69, 9.17) is 0 Å². The molecule has 1 saturated carbocycles. The van der Waals surface area contributed by atoms with Gasteiger partial charge in [0.2, 0.25) is 0 Å². The van der Waals surface area contributed by atoms with Gasteiger partial charge in [0, 0.05) is 5.92 Å². The maximum absolute atomic E-state index is 2.51. The molecule has 0 saturated heterocycles. The van der Waals surface area contributed by atoms with Gasteiger partial charge in [-0.3, -0.25) is 0 Å². The van der Waals surface area contributed by atoms with Crippen LogP contribution in [0, 0.1) is 17.8 Å². The van der Waals surface area contributed by atoms with Crippen molar-refractivity contribution >= 4 is 23.2 Å². The van der Waals surface area contributed by atoms with Crippen LogP contribution in [0.1, 0.15) is 12.8 Å². The summed E-state index contributed by atoms with van der Waals surface area (Å²) in [5.74, 6) is 2.41. The second-order valence-electron chi connectivity index (χ2n) is 8.04. The van der Waals surface area contributed by atoms with Crippen molar-refractivity contribution in [3.63, 3.8) is 0 Å². The Hall–Kier alpha value is -2.17. The Morgan fingerprint density at radius 2 is 1.07 bits per heavy atom. The van der Waals surface area contributed by atoms with Crippen LogP contribution < -0.4 is 15.9 Å². The highest BCUT2D eigenvalue weighted by Gasteiger charge is 2.50. The summed E-state index contributed by atoms with van der Waals surface area (Å²) < 4.78 is 0. The first-order valence-corrected chi connectivity index (χ1v) is 12.1. The molecule has 0 radical (unpaired) electrons. The van der Waals surface area contributed by atoms with E-state index >= 15 is 0 Å². The summed E-state index contributed by atoms with van der Waals surface area (Å²) in [6.07, 6.45) is 9.01.